The smallest absolute Gasteiger partial charge is 0.180 e. The van der Waals surface area contributed by atoms with Gasteiger partial charge in [-0.3, -0.25) is 0 Å². The van der Waals surface area contributed by atoms with Crippen molar-refractivity contribution in [2.45, 2.75) is 20.3 Å². The summed E-state index contributed by atoms with van der Waals surface area (Å²) in [5, 5.41) is 1.10. The standard InChI is InChI=1S/C17H18N4/c1-11(2)9-13-10-16(18)21-17(19-13)15-8-7-12-5-3-4-6-14(12)20-15/h3-8,10-11H,9H2,1-2H3,(H2,18,19,21). The molecular formula is C17H18N4. The SMILES string of the molecule is CC(C)Cc1cc(N)nc(-c2ccc3ccccc3n2)n1. The monoisotopic (exact) mass is 278 g/mol. The van der Waals surface area contributed by atoms with E-state index in [1.54, 1.807) is 0 Å². The summed E-state index contributed by atoms with van der Waals surface area (Å²) in [6.45, 7) is 4.32. The number of para-hydroxylation sites is 1. The van der Waals surface area contributed by atoms with Gasteiger partial charge in [-0.1, -0.05) is 38.1 Å². The van der Waals surface area contributed by atoms with Crippen LogP contribution >= 0.6 is 0 Å². The Labute approximate surface area is 124 Å². The Hall–Kier alpha value is -2.49. The number of hydrogen-bond donors (Lipinski definition) is 1. The number of anilines is 1. The third-order valence-corrected chi connectivity index (χ3v) is 3.24. The molecule has 0 saturated carbocycles. The fourth-order valence-corrected chi connectivity index (χ4v) is 2.35. The Kier molecular flexibility index (Phi) is 3.52. The number of pyridine rings is 1. The second-order valence-electron chi connectivity index (χ2n) is 5.59. The Morgan fingerprint density at radius 2 is 1.81 bits per heavy atom. The molecule has 0 fully saturated rings. The molecule has 106 valence electrons. The normalized spacial score (nSPS) is 11.2. The van der Waals surface area contributed by atoms with Gasteiger partial charge in [0, 0.05) is 17.1 Å². The Bertz CT molecular complexity index is 781. The van der Waals surface area contributed by atoms with Crippen molar-refractivity contribution in [1.82, 2.24) is 15.0 Å². The third kappa shape index (κ3) is 2.99. The van der Waals surface area contributed by atoms with Gasteiger partial charge in [-0.2, -0.15) is 0 Å². The van der Waals surface area contributed by atoms with E-state index in [4.69, 9.17) is 5.73 Å². The molecule has 1 aromatic carbocycles. The van der Waals surface area contributed by atoms with E-state index in [1.165, 1.54) is 0 Å². The zero-order valence-corrected chi connectivity index (χ0v) is 12.2. The van der Waals surface area contributed by atoms with Gasteiger partial charge in [0.2, 0.25) is 0 Å². The maximum absolute atomic E-state index is 5.91. The maximum atomic E-state index is 5.91. The molecule has 21 heavy (non-hydrogen) atoms. The first-order valence-corrected chi connectivity index (χ1v) is 7.11. The molecule has 0 aliphatic heterocycles. The van der Waals surface area contributed by atoms with Crippen LogP contribution in [0.25, 0.3) is 22.4 Å². The number of fused-ring (bicyclic) bond motifs is 1. The fraction of sp³-hybridized carbons (Fsp3) is 0.235. The molecule has 0 saturated heterocycles. The number of aromatic nitrogens is 3. The number of nitrogen functional groups attached to an aromatic ring is 1. The van der Waals surface area contributed by atoms with Crippen LogP contribution in [0, 0.1) is 5.92 Å². The summed E-state index contributed by atoms with van der Waals surface area (Å²) >= 11 is 0. The second-order valence-corrected chi connectivity index (χ2v) is 5.59. The van der Waals surface area contributed by atoms with Crippen LogP contribution < -0.4 is 5.73 Å². The first kappa shape index (κ1) is 13.5. The van der Waals surface area contributed by atoms with Crippen LogP contribution in [0.4, 0.5) is 5.82 Å². The van der Waals surface area contributed by atoms with Crippen LogP contribution in [0.3, 0.4) is 0 Å². The minimum Gasteiger partial charge on any atom is -0.384 e. The van der Waals surface area contributed by atoms with Crippen molar-refractivity contribution >= 4 is 16.7 Å². The zero-order valence-electron chi connectivity index (χ0n) is 12.2. The van der Waals surface area contributed by atoms with E-state index >= 15 is 0 Å². The van der Waals surface area contributed by atoms with Crippen molar-refractivity contribution in [2.75, 3.05) is 5.73 Å². The minimum atomic E-state index is 0.491. The molecule has 4 heteroatoms. The largest absolute Gasteiger partial charge is 0.384 e. The van der Waals surface area contributed by atoms with Gasteiger partial charge in [0.05, 0.1) is 5.52 Å². The molecule has 0 aliphatic carbocycles. The van der Waals surface area contributed by atoms with Gasteiger partial charge in [0.1, 0.15) is 11.5 Å². The molecule has 0 aliphatic rings. The van der Waals surface area contributed by atoms with Crippen LogP contribution in [-0.4, -0.2) is 15.0 Å². The first-order chi connectivity index (χ1) is 10.1. The average Bonchev–Trinajstić information content (AvgIpc) is 2.45. The van der Waals surface area contributed by atoms with E-state index in [0.717, 1.165) is 28.7 Å². The van der Waals surface area contributed by atoms with Crippen molar-refractivity contribution in [1.29, 1.82) is 0 Å². The lowest BCUT2D eigenvalue weighted by atomic mass is 10.1. The van der Waals surface area contributed by atoms with Gasteiger partial charge in [0.25, 0.3) is 0 Å². The highest BCUT2D eigenvalue weighted by Crippen LogP contribution is 2.20. The van der Waals surface area contributed by atoms with Gasteiger partial charge in [-0.15, -0.1) is 0 Å². The van der Waals surface area contributed by atoms with Crippen LogP contribution in [0.15, 0.2) is 42.5 Å². The molecule has 3 aromatic rings. The summed E-state index contributed by atoms with van der Waals surface area (Å²) in [7, 11) is 0. The van der Waals surface area contributed by atoms with Crippen molar-refractivity contribution in [3.63, 3.8) is 0 Å². The topological polar surface area (TPSA) is 64.7 Å². The lowest BCUT2D eigenvalue weighted by Gasteiger charge is -2.08. The Balaban J connectivity index is 2.06. The maximum Gasteiger partial charge on any atom is 0.180 e. The molecule has 0 amide bonds. The molecule has 4 nitrogen and oxygen atoms in total. The van der Waals surface area contributed by atoms with Gasteiger partial charge in [-0.05, 0) is 24.5 Å². The number of nitrogens with zero attached hydrogens (tertiary/aromatic N) is 3. The highest BCUT2D eigenvalue weighted by Gasteiger charge is 2.09. The molecule has 0 bridgehead atoms. The van der Waals surface area contributed by atoms with E-state index in [9.17, 15) is 0 Å². The summed E-state index contributed by atoms with van der Waals surface area (Å²) in [5.41, 5.74) is 8.56. The highest BCUT2D eigenvalue weighted by atomic mass is 15.0. The average molecular weight is 278 g/mol. The number of benzene rings is 1. The molecule has 0 unspecified atom stereocenters. The summed E-state index contributed by atoms with van der Waals surface area (Å²) in [6.07, 6.45) is 0.882. The molecule has 3 rings (SSSR count). The number of nitrogens with two attached hydrogens (primary N) is 1. The van der Waals surface area contributed by atoms with Crippen LogP contribution in [-0.2, 0) is 6.42 Å². The molecular weight excluding hydrogens is 260 g/mol. The summed E-state index contributed by atoms with van der Waals surface area (Å²) in [4.78, 5) is 13.5. The van der Waals surface area contributed by atoms with E-state index < -0.39 is 0 Å². The fourth-order valence-electron chi connectivity index (χ4n) is 2.35. The zero-order chi connectivity index (χ0) is 14.8. The predicted molar refractivity (Wildman–Crippen MR) is 85.7 cm³/mol. The van der Waals surface area contributed by atoms with Gasteiger partial charge in [0.15, 0.2) is 5.82 Å². The minimum absolute atomic E-state index is 0.491. The van der Waals surface area contributed by atoms with Crippen molar-refractivity contribution in [3.8, 4) is 11.5 Å². The van der Waals surface area contributed by atoms with E-state index in [-0.39, 0.29) is 0 Å². The highest BCUT2D eigenvalue weighted by molar-refractivity contribution is 5.80. The van der Waals surface area contributed by atoms with Gasteiger partial charge >= 0.3 is 0 Å². The molecule has 2 N–H and O–H groups in total. The lowest BCUT2D eigenvalue weighted by Crippen LogP contribution is -2.04. The van der Waals surface area contributed by atoms with Crippen LogP contribution in [0.1, 0.15) is 19.5 Å². The van der Waals surface area contributed by atoms with Gasteiger partial charge < -0.3 is 5.73 Å². The third-order valence-electron chi connectivity index (χ3n) is 3.24. The predicted octanol–water partition coefficient (Wildman–Crippen LogP) is 3.47. The first-order valence-electron chi connectivity index (χ1n) is 7.11. The quantitative estimate of drug-likeness (QED) is 0.796. The lowest BCUT2D eigenvalue weighted by molar-refractivity contribution is 0.635. The van der Waals surface area contributed by atoms with E-state index in [2.05, 4.69) is 28.8 Å². The molecule has 0 atom stereocenters. The molecule has 2 heterocycles. The van der Waals surface area contributed by atoms with Crippen LogP contribution in [0.5, 0.6) is 0 Å². The molecule has 2 aromatic heterocycles. The molecule has 0 radical (unpaired) electrons. The number of rotatable bonds is 3. The Morgan fingerprint density at radius 1 is 1.00 bits per heavy atom. The van der Waals surface area contributed by atoms with E-state index in [1.807, 2.05) is 42.5 Å². The van der Waals surface area contributed by atoms with Crippen molar-refractivity contribution in [2.24, 2.45) is 5.92 Å². The summed E-state index contributed by atoms with van der Waals surface area (Å²) in [6, 6.07) is 13.8. The summed E-state index contributed by atoms with van der Waals surface area (Å²) in [5.74, 6) is 1.61. The van der Waals surface area contributed by atoms with E-state index in [0.29, 0.717) is 17.6 Å². The van der Waals surface area contributed by atoms with Gasteiger partial charge in [-0.25, -0.2) is 15.0 Å². The van der Waals surface area contributed by atoms with Crippen LogP contribution in [0.2, 0.25) is 0 Å². The van der Waals surface area contributed by atoms with Crippen molar-refractivity contribution < 1.29 is 0 Å². The summed E-state index contributed by atoms with van der Waals surface area (Å²) < 4.78 is 0. The number of hydrogen-bond acceptors (Lipinski definition) is 4. The second kappa shape index (κ2) is 5.48. The Morgan fingerprint density at radius 3 is 2.62 bits per heavy atom. The molecule has 0 spiro atoms. The van der Waals surface area contributed by atoms with Crippen molar-refractivity contribution in [3.05, 3.63) is 48.2 Å².